The minimum Gasteiger partial charge on any atom is -0.545 e. The molecular formula is C19H15N2O3-. The highest BCUT2D eigenvalue weighted by Crippen LogP contribution is 2.23. The normalized spacial score (nSPS) is 10.6. The van der Waals surface area contributed by atoms with Crippen molar-refractivity contribution in [2.24, 2.45) is 0 Å². The number of aryl methyl sites for hydroxylation is 1. The lowest BCUT2D eigenvalue weighted by molar-refractivity contribution is -0.255. The lowest BCUT2D eigenvalue weighted by Crippen LogP contribution is -2.23. The van der Waals surface area contributed by atoms with E-state index in [1.54, 1.807) is 23.6 Å². The number of nitrogens with zero attached hydrogens (tertiary/aromatic N) is 2. The number of carboxylic acids is 1. The summed E-state index contributed by atoms with van der Waals surface area (Å²) in [6.07, 6.45) is 0. The van der Waals surface area contributed by atoms with Gasteiger partial charge in [0.1, 0.15) is 5.82 Å². The first-order chi connectivity index (χ1) is 11.5. The summed E-state index contributed by atoms with van der Waals surface area (Å²) in [5.74, 6) is -0.753. The summed E-state index contributed by atoms with van der Waals surface area (Å²) in [6, 6.07) is 15.7. The summed E-state index contributed by atoms with van der Waals surface area (Å²) in [4.78, 5) is 27.6. The topological polar surface area (TPSA) is 75.0 Å². The van der Waals surface area contributed by atoms with Crippen molar-refractivity contribution in [3.05, 3.63) is 82.0 Å². The Morgan fingerprint density at radius 1 is 1.04 bits per heavy atom. The van der Waals surface area contributed by atoms with Gasteiger partial charge in [0.2, 0.25) is 0 Å². The first-order valence-electron chi connectivity index (χ1n) is 7.46. The molecule has 120 valence electrons. The molecule has 0 spiro atoms. The van der Waals surface area contributed by atoms with E-state index in [-0.39, 0.29) is 11.1 Å². The second kappa shape index (κ2) is 6.12. The third-order valence-electron chi connectivity index (χ3n) is 3.90. The van der Waals surface area contributed by atoms with Crippen molar-refractivity contribution in [1.29, 1.82) is 0 Å². The summed E-state index contributed by atoms with van der Waals surface area (Å²) >= 11 is 0. The second-order valence-electron chi connectivity index (χ2n) is 5.46. The van der Waals surface area contributed by atoms with Crippen LogP contribution >= 0.6 is 0 Å². The van der Waals surface area contributed by atoms with Crippen LogP contribution in [0.4, 0.5) is 0 Å². The summed E-state index contributed by atoms with van der Waals surface area (Å²) in [7, 11) is 0. The largest absolute Gasteiger partial charge is 0.545 e. The number of carbonyl (C=O) groups excluding carboxylic acids is 1. The van der Waals surface area contributed by atoms with Crippen LogP contribution < -0.4 is 10.7 Å². The molecule has 0 saturated carbocycles. The Bertz CT molecular complexity index is 976. The predicted octanol–water partition coefficient (Wildman–Crippen LogP) is 1.88. The molecule has 1 aromatic heterocycles. The van der Waals surface area contributed by atoms with Gasteiger partial charge < -0.3 is 14.5 Å². The zero-order valence-corrected chi connectivity index (χ0v) is 13.3. The van der Waals surface area contributed by atoms with Crippen molar-refractivity contribution in [2.45, 2.75) is 13.8 Å². The van der Waals surface area contributed by atoms with Crippen LogP contribution in [0.1, 0.15) is 21.9 Å². The Labute approximate surface area is 138 Å². The summed E-state index contributed by atoms with van der Waals surface area (Å²) in [5.41, 5.74) is 2.37. The van der Waals surface area contributed by atoms with Crippen molar-refractivity contribution in [3.63, 3.8) is 0 Å². The van der Waals surface area contributed by atoms with Crippen LogP contribution in [-0.2, 0) is 0 Å². The fourth-order valence-corrected chi connectivity index (χ4v) is 2.85. The predicted molar refractivity (Wildman–Crippen MR) is 89.1 cm³/mol. The van der Waals surface area contributed by atoms with Crippen LogP contribution in [0.2, 0.25) is 0 Å². The molecule has 24 heavy (non-hydrogen) atoms. The van der Waals surface area contributed by atoms with Gasteiger partial charge in [0.05, 0.1) is 11.5 Å². The van der Waals surface area contributed by atoms with Crippen molar-refractivity contribution in [2.75, 3.05) is 0 Å². The molecule has 2 aromatic carbocycles. The van der Waals surface area contributed by atoms with Gasteiger partial charge in [-0.05, 0) is 37.1 Å². The van der Waals surface area contributed by atoms with Crippen LogP contribution in [0.3, 0.4) is 0 Å². The van der Waals surface area contributed by atoms with E-state index in [2.05, 4.69) is 4.98 Å². The van der Waals surface area contributed by atoms with E-state index >= 15 is 0 Å². The van der Waals surface area contributed by atoms with E-state index in [0.717, 1.165) is 5.56 Å². The van der Waals surface area contributed by atoms with E-state index in [0.29, 0.717) is 22.8 Å². The standard InChI is InChI=1S/C19H16N2O3/c1-12-17(14-7-4-3-5-8-14)18(22)20-13(2)21(12)16-10-6-9-15(11-16)19(23)24/h3-11H,1-2H3,(H,23,24)/p-1. The first kappa shape index (κ1) is 15.7. The van der Waals surface area contributed by atoms with Gasteiger partial charge in [-0.25, -0.2) is 0 Å². The van der Waals surface area contributed by atoms with Crippen molar-refractivity contribution in [1.82, 2.24) is 9.55 Å². The number of rotatable bonds is 3. The minimum absolute atomic E-state index is 0.0752. The first-order valence-corrected chi connectivity index (χ1v) is 7.46. The van der Waals surface area contributed by atoms with Gasteiger partial charge in [-0.3, -0.25) is 4.79 Å². The van der Waals surface area contributed by atoms with E-state index in [4.69, 9.17) is 0 Å². The van der Waals surface area contributed by atoms with Crippen LogP contribution in [0.5, 0.6) is 0 Å². The monoisotopic (exact) mass is 319 g/mol. The molecule has 3 rings (SSSR count). The summed E-state index contributed by atoms with van der Waals surface area (Å²) in [5, 5.41) is 11.1. The number of aromatic nitrogens is 2. The fourth-order valence-electron chi connectivity index (χ4n) is 2.85. The molecule has 0 atom stereocenters. The van der Waals surface area contributed by atoms with E-state index in [1.165, 1.54) is 12.1 Å². The summed E-state index contributed by atoms with van der Waals surface area (Å²) < 4.78 is 1.77. The SMILES string of the molecule is Cc1nc(=O)c(-c2ccccc2)c(C)n1-c1cccc(C(=O)[O-])c1. The smallest absolute Gasteiger partial charge is 0.281 e. The highest BCUT2D eigenvalue weighted by molar-refractivity contribution is 5.86. The van der Waals surface area contributed by atoms with E-state index in [9.17, 15) is 14.7 Å². The molecule has 0 amide bonds. The number of aromatic carboxylic acids is 1. The zero-order valence-electron chi connectivity index (χ0n) is 13.3. The maximum atomic E-state index is 12.4. The molecule has 0 aliphatic rings. The van der Waals surface area contributed by atoms with Gasteiger partial charge in [0.25, 0.3) is 5.56 Å². The number of hydrogen-bond donors (Lipinski definition) is 0. The number of carbonyl (C=O) groups is 1. The fraction of sp³-hybridized carbons (Fsp3) is 0.105. The van der Waals surface area contributed by atoms with Crippen molar-refractivity contribution in [3.8, 4) is 16.8 Å². The van der Waals surface area contributed by atoms with E-state index in [1.807, 2.05) is 37.3 Å². The lowest BCUT2D eigenvalue weighted by atomic mass is 10.1. The molecule has 0 bridgehead atoms. The molecule has 1 heterocycles. The Kier molecular flexibility index (Phi) is 4.00. The maximum Gasteiger partial charge on any atom is 0.281 e. The van der Waals surface area contributed by atoms with Crippen LogP contribution in [0.15, 0.2) is 59.4 Å². The number of carboxylic acid groups (broad SMARTS) is 1. The molecule has 5 heteroatoms. The number of benzene rings is 2. The van der Waals surface area contributed by atoms with Gasteiger partial charge in [-0.1, -0.05) is 42.5 Å². The van der Waals surface area contributed by atoms with Crippen LogP contribution in [0, 0.1) is 13.8 Å². The van der Waals surface area contributed by atoms with Gasteiger partial charge >= 0.3 is 0 Å². The van der Waals surface area contributed by atoms with Crippen molar-refractivity contribution < 1.29 is 9.90 Å². The summed E-state index contributed by atoms with van der Waals surface area (Å²) in [6.45, 7) is 3.54. The number of hydrogen-bond acceptors (Lipinski definition) is 4. The third kappa shape index (κ3) is 2.72. The quantitative estimate of drug-likeness (QED) is 0.739. The molecule has 0 N–H and O–H groups in total. The van der Waals surface area contributed by atoms with Gasteiger partial charge in [0, 0.05) is 11.4 Å². The Morgan fingerprint density at radius 3 is 2.42 bits per heavy atom. The average molecular weight is 319 g/mol. The molecule has 5 nitrogen and oxygen atoms in total. The third-order valence-corrected chi connectivity index (χ3v) is 3.90. The molecule has 0 fully saturated rings. The van der Waals surface area contributed by atoms with Gasteiger partial charge in [0.15, 0.2) is 0 Å². The van der Waals surface area contributed by atoms with E-state index < -0.39 is 5.97 Å². The molecule has 0 saturated heterocycles. The van der Waals surface area contributed by atoms with Crippen LogP contribution in [-0.4, -0.2) is 15.5 Å². The minimum atomic E-state index is -1.25. The zero-order chi connectivity index (χ0) is 17.3. The highest BCUT2D eigenvalue weighted by Gasteiger charge is 2.14. The second-order valence-corrected chi connectivity index (χ2v) is 5.46. The van der Waals surface area contributed by atoms with Gasteiger partial charge in [-0.15, -0.1) is 0 Å². The Morgan fingerprint density at radius 2 is 1.75 bits per heavy atom. The Hall–Kier alpha value is -3.21. The van der Waals surface area contributed by atoms with Crippen LogP contribution in [0.25, 0.3) is 16.8 Å². The van der Waals surface area contributed by atoms with Gasteiger partial charge in [-0.2, -0.15) is 4.98 Å². The molecule has 0 radical (unpaired) electrons. The molecule has 0 aliphatic heterocycles. The molecule has 0 aliphatic carbocycles. The molecule has 3 aromatic rings. The van der Waals surface area contributed by atoms with Crippen molar-refractivity contribution >= 4 is 5.97 Å². The lowest BCUT2D eigenvalue weighted by Gasteiger charge is -2.18. The highest BCUT2D eigenvalue weighted by atomic mass is 16.4. The molecule has 0 unspecified atom stereocenters. The maximum absolute atomic E-state index is 12.4. The molecular weight excluding hydrogens is 304 g/mol. The average Bonchev–Trinajstić information content (AvgIpc) is 2.55. The Balaban J connectivity index is 2.29.